The molecule has 2 N–H and O–H groups in total. The quantitative estimate of drug-likeness (QED) is 0.687. The first-order valence-corrected chi connectivity index (χ1v) is 7.56. The number of nitrogens with zero attached hydrogens (tertiary/aromatic N) is 1. The van der Waals surface area contributed by atoms with Crippen LogP contribution < -0.4 is 5.73 Å². The van der Waals surface area contributed by atoms with Crippen LogP contribution in [0, 0.1) is 17.8 Å². The second kappa shape index (κ2) is 7.78. The first kappa shape index (κ1) is 15.5. The van der Waals surface area contributed by atoms with Gasteiger partial charge >= 0.3 is 0 Å². The van der Waals surface area contributed by atoms with Crippen LogP contribution in [0.25, 0.3) is 0 Å². The lowest BCUT2D eigenvalue weighted by Crippen LogP contribution is -2.33. The van der Waals surface area contributed by atoms with Gasteiger partial charge in [0.05, 0.1) is 0 Å². The number of rotatable bonds is 9. The summed E-state index contributed by atoms with van der Waals surface area (Å²) in [5, 5.41) is 0. The van der Waals surface area contributed by atoms with Crippen molar-refractivity contribution in [3.63, 3.8) is 0 Å². The Bertz CT molecular complexity index is 249. The lowest BCUT2D eigenvalue weighted by atomic mass is 9.88. The van der Waals surface area contributed by atoms with E-state index < -0.39 is 0 Å². The van der Waals surface area contributed by atoms with Crippen LogP contribution in [0.5, 0.6) is 0 Å². The molecule has 18 heavy (non-hydrogen) atoms. The molecule has 1 atom stereocenters. The third-order valence-corrected chi connectivity index (χ3v) is 4.12. The van der Waals surface area contributed by atoms with Crippen LogP contribution in [0.15, 0.2) is 0 Å². The Morgan fingerprint density at radius 2 is 2.00 bits per heavy atom. The van der Waals surface area contributed by atoms with E-state index >= 15 is 0 Å². The maximum atomic E-state index is 12.2. The molecule has 0 heterocycles. The fourth-order valence-electron chi connectivity index (χ4n) is 2.51. The van der Waals surface area contributed by atoms with Gasteiger partial charge in [0.25, 0.3) is 0 Å². The molecule has 0 bridgehead atoms. The largest absolute Gasteiger partial charge is 0.343 e. The van der Waals surface area contributed by atoms with E-state index in [2.05, 4.69) is 20.8 Å². The van der Waals surface area contributed by atoms with Crippen LogP contribution in [0.1, 0.15) is 52.9 Å². The summed E-state index contributed by atoms with van der Waals surface area (Å²) < 4.78 is 0. The molecule has 1 aliphatic rings. The highest BCUT2D eigenvalue weighted by atomic mass is 16.2. The number of hydrogen-bond donors (Lipinski definition) is 1. The Kier molecular flexibility index (Phi) is 6.69. The van der Waals surface area contributed by atoms with Gasteiger partial charge in [-0.15, -0.1) is 0 Å². The topological polar surface area (TPSA) is 46.3 Å². The predicted molar refractivity (Wildman–Crippen MR) is 76.2 cm³/mol. The molecular weight excluding hydrogens is 224 g/mol. The van der Waals surface area contributed by atoms with Gasteiger partial charge in [0.15, 0.2) is 0 Å². The first-order valence-electron chi connectivity index (χ1n) is 7.56. The minimum Gasteiger partial charge on any atom is -0.343 e. The summed E-state index contributed by atoms with van der Waals surface area (Å²) in [5.74, 6) is 2.35. The Morgan fingerprint density at radius 1 is 1.33 bits per heavy atom. The molecule has 0 radical (unpaired) electrons. The molecule has 0 spiro atoms. The fraction of sp³-hybridized carbons (Fsp3) is 0.933. The van der Waals surface area contributed by atoms with Gasteiger partial charge in [-0.2, -0.15) is 0 Å². The second-order valence-corrected chi connectivity index (χ2v) is 6.00. The maximum Gasteiger partial charge on any atom is 0.222 e. The van der Waals surface area contributed by atoms with Gasteiger partial charge in [-0.05, 0) is 56.9 Å². The predicted octanol–water partition coefficient (Wildman–Crippen LogP) is 2.65. The van der Waals surface area contributed by atoms with Crippen LogP contribution in [-0.2, 0) is 4.79 Å². The van der Waals surface area contributed by atoms with Crippen LogP contribution in [-0.4, -0.2) is 30.4 Å². The van der Waals surface area contributed by atoms with Crippen molar-refractivity contribution in [2.75, 3.05) is 19.6 Å². The summed E-state index contributed by atoms with van der Waals surface area (Å²) in [6, 6.07) is 0. The Balaban J connectivity index is 2.31. The van der Waals surface area contributed by atoms with Crippen molar-refractivity contribution in [1.82, 2.24) is 4.90 Å². The molecule has 1 aliphatic carbocycles. The molecule has 1 unspecified atom stereocenters. The van der Waals surface area contributed by atoms with E-state index in [4.69, 9.17) is 5.73 Å². The van der Waals surface area contributed by atoms with Gasteiger partial charge in [-0.3, -0.25) is 4.79 Å². The number of carbonyl (C=O) groups excluding carboxylic acids is 1. The molecule has 0 aliphatic heterocycles. The standard InChI is InChI=1S/C15H30N2O/c1-4-17(11-13-5-6-13)15(18)8-7-14(9-10-16)12(2)3/h12-14H,4-11,16H2,1-3H3. The lowest BCUT2D eigenvalue weighted by Gasteiger charge is -2.24. The maximum absolute atomic E-state index is 12.2. The SMILES string of the molecule is CCN(CC1CC1)C(=O)CCC(CCN)C(C)C. The van der Waals surface area contributed by atoms with Crippen LogP contribution in [0.2, 0.25) is 0 Å². The van der Waals surface area contributed by atoms with E-state index in [1.54, 1.807) is 0 Å². The molecule has 3 heteroatoms. The number of nitrogens with two attached hydrogens (primary N) is 1. The molecule has 106 valence electrons. The third-order valence-electron chi connectivity index (χ3n) is 4.12. The molecule has 0 saturated heterocycles. The summed E-state index contributed by atoms with van der Waals surface area (Å²) >= 11 is 0. The zero-order chi connectivity index (χ0) is 13.5. The van der Waals surface area contributed by atoms with E-state index in [-0.39, 0.29) is 0 Å². The van der Waals surface area contributed by atoms with E-state index in [0.29, 0.717) is 24.2 Å². The summed E-state index contributed by atoms with van der Waals surface area (Å²) in [7, 11) is 0. The molecule has 0 aromatic rings. The molecular formula is C15H30N2O. The van der Waals surface area contributed by atoms with Gasteiger partial charge in [0, 0.05) is 19.5 Å². The van der Waals surface area contributed by atoms with Gasteiger partial charge < -0.3 is 10.6 Å². The number of amides is 1. The summed E-state index contributed by atoms with van der Waals surface area (Å²) in [6.45, 7) is 9.12. The van der Waals surface area contributed by atoms with E-state index in [1.165, 1.54) is 12.8 Å². The van der Waals surface area contributed by atoms with E-state index in [0.717, 1.165) is 38.4 Å². The normalized spacial score (nSPS) is 16.9. The van der Waals surface area contributed by atoms with E-state index in [1.807, 2.05) is 4.90 Å². The van der Waals surface area contributed by atoms with Crippen LogP contribution >= 0.6 is 0 Å². The van der Waals surface area contributed by atoms with Gasteiger partial charge in [-0.1, -0.05) is 13.8 Å². The molecule has 3 nitrogen and oxygen atoms in total. The average molecular weight is 254 g/mol. The smallest absolute Gasteiger partial charge is 0.222 e. The van der Waals surface area contributed by atoms with Gasteiger partial charge in [0.1, 0.15) is 0 Å². The van der Waals surface area contributed by atoms with Crippen LogP contribution in [0.3, 0.4) is 0 Å². The number of carbonyl (C=O) groups is 1. The Morgan fingerprint density at radius 3 is 2.44 bits per heavy atom. The Hall–Kier alpha value is -0.570. The summed E-state index contributed by atoms with van der Waals surface area (Å²) in [6.07, 6.45) is 5.36. The third kappa shape index (κ3) is 5.38. The van der Waals surface area contributed by atoms with Gasteiger partial charge in [0.2, 0.25) is 5.91 Å². The van der Waals surface area contributed by atoms with Crippen LogP contribution in [0.4, 0.5) is 0 Å². The second-order valence-electron chi connectivity index (χ2n) is 6.00. The average Bonchev–Trinajstić information content (AvgIpc) is 3.14. The monoisotopic (exact) mass is 254 g/mol. The molecule has 0 aromatic heterocycles. The minimum absolute atomic E-state index is 0.340. The summed E-state index contributed by atoms with van der Waals surface area (Å²) in [4.78, 5) is 14.2. The van der Waals surface area contributed by atoms with Gasteiger partial charge in [-0.25, -0.2) is 0 Å². The Labute approximate surface area is 112 Å². The number of hydrogen-bond acceptors (Lipinski definition) is 2. The zero-order valence-electron chi connectivity index (χ0n) is 12.3. The zero-order valence-corrected chi connectivity index (χ0v) is 12.3. The van der Waals surface area contributed by atoms with Crippen molar-refractivity contribution in [3.05, 3.63) is 0 Å². The fourth-order valence-corrected chi connectivity index (χ4v) is 2.51. The lowest BCUT2D eigenvalue weighted by molar-refractivity contribution is -0.131. The highest BCUT2D eigenvalue weighted by molar-refractivity contribution is 5.76. The van der Waals surface area contributed by atoms with Crippen molar-refractivity contribution in [2.24, 2.45) is 23.5 Å². The molecule has 1 rings (SSSR count). The van der Waals surface area contributed by atoms with Crippen molar-refractivity contribution in [2.45, 2.75) is 52.9 Å². The summed E-state index contributed by atoms with van der Waals surface area (Å²) in [5.41, 5.74) is 5.64. The van der Waals surface area contributed by atoms with Crippen molar-refractivity contribution < 1.29 is 4.79 Å². The minimum atomic E-state index is 0.340. The molecule has 1 amide bonds. The molecule has 1 fully saturated rings. The van der Waals surface area contributed by atoms with Crippen molar-refractivity contribution in [3.8, 4) is 0 Å². The molecule has 0 aromatic carbocycles. The van der Waals surface area contributed by atoms with Crippen molar-refractivity contribution >= 4 is 5.91 Å². The highest BCUT2D eigenvalue weighted by Gasteiger charge is 2.26. The highest BCUT2D eigenvalue weighted by Crippen LogP contribution is 2.30. The van der Waals surface area contributed by atoms with E-state index in [9.17, 15) is 4.79 Å². The molecule has 1 saturated carbocycles. The first-order chi connectivity index (χ1) is 8.58. The van der Waals surface area contributed by atoms with Crippen molar-refractivity contribution in [1.29, 1.82) is 0 Å².